The molecule has 1 unspecified atom stereocenters. The zero-order valence-corrected chi connectivity index (χ0v) is 8.59. The number of alkyl halides is 2. The van der Waals surface area contributed by atoms with Crippen LogP contribution in [0.2, 0.25) is 0 Å². The zero-order valence-electron chi connectivity index (χ0n) is 7.08. The largest absolute Gasteiger partial charge is 0.114 e. The van der Waals surface area contributed by atoms with E-state index < -0.39 is 0 Å². The summed E-state index contributed by atoms with van der Waals surface area (Å²) in [5.41, 5.74) is 2.62. The highest BCUT2D eigenvalue weighted by Crippen LogP contribution is 2.28. The summed E-state index contributed by atoms with van der Waals surface area (Å²) in [4.78, 5) is -0.301. The molecule has 0 amide bonds. The van der Waals surface area contributed by atoms with Crippen molar-refractivity contribution < 1.29 is 0 Å². The molecule has 0 aromatic heterocycles. The van der Waals surface area contributed by atoms with E-state index in [0.717, 1.165) is 6.42 Å². The van der Waals surface area contributed by atoms with Gasteiger partial charge in [-0.2, -0.15) is 0 Å². The number of rotatable bonds is 1. The Kier molecular flexibility index (Phi) is 2.61. The lowest BCUT2D eigenvalue weighted by Gasteiger charge is -2.19. The van der Waals surface area contributed by atoms with Crippen LogP contribution in [0.15, 0.2) is 30.3 Å². The molecule has 0 nitrogen and oxygen atoms in total. The van der Waals surface area contributed by atoms with Gasteiger partial charge in [0.15, 0.2) is 0 Å². The molecule has 2 heteroatoms. The number of hydrogen-bond donors (Lipinski definition) is 0. The van der Waals surface area contributed by atoms with Gasteiger partial charge in [-0.15, -0.1) is 23.2 Å². The predicted octanol–water partition coefficient (Wildman–Crippen LogP) is 3.68. The van der Waals surface area contributed by atoms with Crippen molar-refractivity contribution in [3.63, 3.8) is 0 Å². The van der Waals surface area contributed by atoms with E-state index >= 15 is 0 Å². The van der Waals surface area contributed by atoms with Crippen LogP contribution < -0.4 is 0 Å². The molecular weight excluding hydrogens is 203 g/mol. The van der Waals surface area contributed by atoms with Crippen molar-refractivity contribution in [3.05, 3.63) is 41.5 Å². The van der Waals surface area contributed by atoms with Crippen LogP contribution in [0, 0.1) is 5.92 Å². The molecule has 0 radical (unpaired) electrons. The molecule has 1 atom stereocenters. The van der Waals surface area contributed by atoms with Crippen molar-refractivity contribution >= 4 is 29.3 Å². The number of halogens is 2. The minimum absolute atomic E-state index is 0.262. The zero-order chi connectivity index (χ0) is 9.26. The molecule has 2 rings (SSSR count). The molecule has 1 aliphatic carbocycles. The van der Waals surface area contributed by atoms with E-state index in [4.69, 9.17) is 23.2 Å². The maximum atomic E-state index is 5.84. The molecule has 0 N–H and O–H groups in total. The van der Waals surface area contributed by atoms with Crippen LogP contribution in [0.1, 0.15) is 11.1 Å². The minimum Gasteiger partial charge on any atom is -0.105 e. The van der Waals surface area contributed by atoms with E-state index in [1.165, 1.54) is 11.1 Å². The summed E-state index contributed by atoms with van der Waals surface area (Å²) in [5, 5.41) is 0. The molecule has 1 aromatic carbocycles. The molecular formula is C11H10Cl2. The second kappa shape index (κ2) is 3.73. The fourth-order valence-electron chi connectivity index (χ4n) is 1.61. The van der Waals surface area contributed by atoms with Gasteiger partial charge in [0.1, 0.15) is 4.84 Å². The van der Waals surface area contributed by atoms with Gasteiger partial charge in [-0.25, -0.2) is 0 Å². The highest BCUT2D eigenvalue weighted by Gasteiger charge is 2.18. The van der Waals surface area contributed by atoms with Crippen LogP contribution in [0.3, 0.4) is 0 Å². The summed E-state index contributed by atoms with van der Waals surface area (Å²) < 4.78 is 0. The number of allylic oxidation sites excluding steroid dienone is 1. The monoisotopic (exact) mass is 212 g/mol. The van der Waals surface area contributed by atoms with E-state index in [9.17, 15) is 0 Å². The highest BCUT2D eigenvalue weighted by molar-refractivity contribution is 6.44. The van der Waals surface area contributed by atoms with E-state index in [-0.39, 0.29) is 10.8 Å². The Bertz CT molecular complexity index is 329. The maximum Gasteiger partial charge on any atom is 0.114 e. The van der Waals surface area contributed by atoms with Gasteiger partial charge in [-0.1, -0.05) is 36.4 Å². The van der Waals surface area contributed by atoms with Crippen molar-refractivity contribution in [1.82, 2.24) is 0 Å². The van der Waals surface area contributed by atoms with Gasteiger partial charge in [0.05, 0.1) is 0 Å². The lowest BCUT2D eigenvalue weighted by atomic mass is 9.91. The first-order valence-electron chi connectivity index (χ1n) is 4.31. The topological polar surface area (TPSA) is 0 Å². The Balaban J connectivity index is 2.29. The summed E-state index contributed by atoms with van der Waals surface area (Å²) in [6.07, 6.45) is 5.14. The Labute approximate surface area is 88.2 Å². The predicted molar refractivity (Wildman–Crippen MR) is 58.2 cm³/mol. The lowest BCUT2D eigenvalue weighted by Crippen LogP contribution is -2.13. The van der Waals surface area contributed by atoms with Gasteiger partial charge in [-0.05, 0) is 17.5 Å². The van der Waals surface area contributed by atoms with Crippen LogP contribution in [-0.4, -0.2) is 4.84 Å². The Morgan fingerprint density at radius 3 is 2.77 bits per heavy atom. The Hall–Kier alpha value is -0.460. The third-order valence-electron chi connectivity index (χ3n) is 2.36. The number of fused-ring (bicyclic) bond motifs is 1. The number of benzene rings is 1. The van der Waals surface area contributed by atoms with Crippen LogP contribution in [0.4, 0.5) is 0 Å². The van der Waals surface area contributed by atoms with Gasteiger partial charge < -0.3 is 0 Å². The smallest absolute Gasteiger partial charge is 0.105 e. The summed E-state index contributed by atoms with van der Waals surface area (Å²) in [5.74, 6) is 0.262. The van der Waals surface area contributed by atoms with Crippen molar-refractivity contribution in [2.45, 2.75) is 11.3 Å². The van der Waals surface area contributed by atoms with Crippen molar-refractivity contribution in [3.8, 4) is 0 Å². The highest BCUT2D eigenvalue weighted by atomic mass is 35.5. The second-order valence-electron chi connectivity index (χ2n) is 3.26. The second-order valence-corrected chi connectivity index (χ2v) is 4.42. The quantitative estimate of drug-likeness (QED) is 0.624. The Morgan fingerprint density at radius 2 is 2.00 bits per heavy atom. The van der Waals surface area contributed by atoms with Gasteiger partial charge in [-0.3, -0.25) is 0 Å². The molecule has 1 aliphatic rings. The van der Waals surface area contributed by atoms with Crippen LogP contribution in [-0.2, 0) is 6.42 Å². The summed E-state index contributed by atoms with van der Waals surface area (Å²) in [7, 11) is 0. The Morgan fingerprint density at radius 1 is 1.23 bits per heavy atom. The standard InChI is InChI=1S/C11H10Cl2/c12-11(13)10-6-5-8-3-1-2-4-9(8)7-10/h1-6,10-11H,7H2. The molecule has 1 aromatic rings. The van der Waals surface area contributed by atoms with E-state index in [1.807, 2.05) is 12.1 Å². The minimum atomic E-state index is -0.301. The third-order valence-corrected chi connectivity index (χ3v) is 3.00. The van der Waals surface area contributed by atoms with Gasteiger partial charge in [0.25, 0.3) is 0 Å². The summed E-state index contributed by atoms with van der Waals surface area (Å²) >= 11 is 11.7. The molecule has 0 saturated carbocycles. The van der Waals surface area contributed by atoms with E-state index in [0.29, 0.717) is 0 Å². The van der Waals surface area contributed by atoms with E-state index in [1.54, 1.807) is 0 Å². The van der Waals surface area contributed by atoms with Crippen LogP contribution in [0.5, 0.6) is 0 Å². The van der Waals surface area contributed by atoms with Gasteiger partial charge in [0, 0.05) is 5.92 Å². The molecule has 13 heavy (non-hydrogen) atoms. The molecule has 0 aliphatic heterocycles. The SMILES string of the molecule is ClC(Cl)C1C=Cc2ccccc2C1. The molecule has 68 valence electrons. The lowest BCUT2D eigenvalue weighted by molar-refractivity contribution is 0.693. The normalized spacial score (nSPS) is 20.4. The third kappa shape index (κ3) is 1.90. The van der Waals surface area contributed by atoms with Gasteiger partial charge in [0.2, 0.25) is 0 Å². The van der Waals surface area contributed by atoms with E-state index in [2.05, 4.69) is 24.3 Å². The fourth-order valence-corrected chi connectivity index (χ4v) is 1.95. The first kappa shape index (κ1) is 9.11. The molecule has 0 spiro atoms. The van der Waals surface area contributed by atoms with Crippen molar-refractivity contribution in [2.24, 2.45) is 5.92 Å². The van der Waals surface area contributed by atoms with Crippen LogP contribution in [0.25, 0.3) is 6.08 Å². The van der Waals surface area contributed by atoms with Gasteiger partial charge >= 0.3 is 0 Å². The average Bonchev–Trinajstić information content (AvgIpc) is 2.17. The average molecular weight is 213 g/mol. The number of hydrogen-bond acceptors (Lipinski definition) is 0. The first-order chi connectivity index (χ1) is 6.27. The molecule has 0 fully saturated rings. The fraction of sp³-hybridized carbons (Fsp3) is 0.273. The van der Waals surface area contributed by atoms with Crippen molar-refractivity contribution in [1.29, 1.82) is 0 Å². The maximum absolute atomic E-state index is 5.84. The van der Waals surface area contributed by atoms with Crippen LogP contribution >= 0.6 is 23.2 Å². The molecule has 0 bridgehead atoms. The molecule has 0 heterocycles. The summed E-state index contributed by atoms with van der Waals surface area (Å²) in [6.45, 7) is 0. The molecule has 0 saturated heterocycles. The summed E-state index contributed by atoms with van der Waals surface area (Å²) in [6, 6.07) is 8.33. The van der Waals surface area contributed by atoms with Crippen molar-refractivity contribution in [2.75, 3.05) is 0 Å². The first-order valence-corrected chi connectivity index (χ1v) is 5.19.